The second kappa shape index (κ2) is 9.06. The van der Waals surface area contributed by atoms with Gasteiger partial charge in [-0.1, -0.05) is 30.7 Å². The summed E-state index contributed by atoms with van der Waals surface area (Å²) in [7, 11) is 0. The zero-order valence-electron chi connectivity index (χ0n) is 15.2. The van der Waals surface area contributed by atoms with E-state index in [4.69, 9.17) is 11.6 Å². The van der Waals surface area contributed by atoms with Crippen molar-refractivity contribution in [1.29, 1.82) is 0 Å². The molecule has 2 aromatic carbocycles. The van der Waals surface area contributed by atoms with Crippen LogP contribution in [0.1, 0.15) is 22.8 Å². The van der Waals surface area contributed by atoms with Crippen molar-refractivity contribution in [3.63, 3.8) is 0 Å². The SMILES string of the molecule is CCc1ccc(C(=O)NCCN2CCN(c3ccc(Cl)cc3)CC2)cc1. The lowest BCUT2D eigenvalue weighted by Gasteiger charge is -2.36. The quantitative estimate of drug-likeness (QED) is 0.844. The lowest BCUT2D eigenvalue weighted by molar-refractivity contribution is 0.0948. The minimum absolute atomic E-state index is 0.00690. The van der Waals surface area contributed by atoms with Gasteiger partial charge in [-0.3, -0.25) is 9.69 Å². The van der Waals surface area contributed by atoms with Gasteiger partial charge in [-0.25, -0.2) is 0 Å². The van der Waals surface area contributed by atoms with Gasteiger partial charge in [0.05, 0.1) is 0 Å². The van der Waals surface area contributed by atoms with Gasteiger partial charge in [0.1, 0.15) is 0 Å². The van der Waals surface area contributed by atoms with Crippen LogP contribution in [0.2, 0.25) is 5.02 Å². The van der Waals surface area contributed by atoms with Crippen LogP contribution in [0.25, 0.3) is 0 Å². The lowest BCUT2D eigenvalue weighted by atomic mass is 10.1. The standard InChI is InChI=1S/C21H26ClN3O/c1-2-17-3-5-18(6-4-17)21(26)23-11-12-24-13-15-25(16-14-24)20-9-7-19(22)8-10-20/h3-10H,2,11-16H2,1H3,(H,23,26). The molecule has 0 atom stereocenters. The van der Waals surface area contributed by atoms with Crippen molar-refractivity contribution in [2.24, 2.45) is 0 Å². The van der Waals surface area contributed by atoms with Crippen LogP contribution in [0.15, 0.2) is 48.5 Å². The molecular formula is C21H26ClN3O. The van der Waals surface area contributed by atoms with Gasteiger partial charge in [-0.2, -0.15) is 0 Å². The van der Waals surface area contributed by atoms with Gasteiger partial charge < -0.3 is 10.2 Å². The van der Waals surface area contributed by atoms with Gasteiger partial charge >= 0.3 is 0 Å². The smallest absolute Gasteiger partial charge is 0.251 e. The number of carbonyl (C=O) groups is 1. The molecule has 26 heavy (non-hydrogen) atoms. The molecule has 0 saturated carbocycles. The molecule has 0 radical (unpaired) electrons. The number of nitrogens with zero attached hydrogens (tertiary/aromatic N) is 2. The molecule has 0 spiro atoms. The molecule has 1 N–H and O–H groups in total. The largest absolute Gasteiger partial charge is 0.369 e. The Morgan fingerprint density at radius 1 is 1.00 bits per heavy atom. The Kier molecular flexibility index (Phi) is 6.53. The number of carbonyl (C=O) groups excluding carboxylic acids is 1. The van der Waals surface area contributed by atoms with E-state index < -0.39 is 0 Å². The second-order valence-electron chi connectivity index (χ2n) is 6.61. The van der Waals surface area contributed by atoms with Gasteiger partial charge in [-0.05, 0) is 48.4 Å². The Bertz CT molecular complexity index is 707. The van der Waals surface area contributed by atoms with E-state index in [1.54, 1.807) is 0 Å². The van der Waals surface area contributed by atoms with Crippen LogP contribution in [0, 0.1) is 0 Å². The van der Waals surface area contributed by atoms with Crippen LogP contribution >= 0.6 is 11.6 Å². The highest BCUT2D eigenvalue weighted by Gasteiger charge is 2.17. The van der Waals surface area contributed by atoms with Crippen molar-refractivity contribution in [2.45, 2.75) is 13.3 Å². The number of nitrogens with one attached hydrogen (secondary N) is 1. The van der Waals surface area contributed by atoms with E-state index in [1.165, 1.54) is 11.3 Å². The first-order valence-electron chi connectivity index (χ1n) is 9.25. The molecule has 4 nitrogen and oxygen atoms in total. The maximum Gasteiger partial charge on any atom is 0.251 e. The van der Waals surface area contributed by atoms with Crippen molar-refractivity contribution < 1.29 is 4.79 Å². The fraction of sp³-hybridized carbons (Fsp3) is 0.381. The maximum absolute atomic E-state index is 12.2. The molecule has 0 bridgehead atoms. The van der Waals surface area contributed by atoms with E-state index in [-0.39, 0.29) is 5.91 Å². The third-order valence-electron chi connectivity index (χ3n) is 4.90. The number of hydrogen-bond donors (Lipinski definition) is 1. The summed E-state index contributed by atoms with van der Waals surface area (Å²) in [4.78, 5) is 17.0. The number of benzene rings is 2. The molecule has 1 saturated heterocycles. The Balaban J connectivity index is 1.39. The molecule has 1 heterocycles. The summed E-state index contributed by atoms with van der Waals surface area (Å²) in [6.45, 7) is 7.67. The van der Waals surface area contributed by atoms with Crippen molar-refractivity contribution in [2.75, 3.05) is 44.2 Å². The van der Waals surface area contributed by atoms with Crippen molar-refractivity contribution in [3.05, 3.63) is 64.7 Å². The second-order valence-corrected chi connectivity index (χ2v) is 7.05. The Morgan fingerprint density at radius 2 is 1.65 bits per heavy atom. The molecule has 138 valence electrons. The lowest BCUT2D eigenvalue weighted by Crippen LogP contribution is -2.48. The van der Waals surface area contributed by atoms with E-state index in [0.29, 0.717) is 6.54 Å². The first kappa shape index (κ1) is 18.7. The third-order valence-corrected chi connectivity index (χ3v) is 5.15. The fourth-order valence-electron chi connectivity index (χ4n) is 3.20. The maximum atomic E-state index is 12.2. The van der Waals surface area contributed by atoms with Crippen LogP contribution in [0.5, 0.6) is 0 Å². The van der Waals surface area contributed by atoms with Crippen molar-refractivity contribution >= 4 is 23.2 Å². The summed E-state index contributed by atoms with van der Waals surface area (Å²) in [6.07, 6.45) is 0.990. The number of amides is 1. The molecule has 1 fully saturated rings. The van der Waals surface area contributed by atoms with Crippen LogP contribution in [-0.4, -0.2) is 50.1 Å². The minimum atomic E-state index is 0.00690. The van der Waals surface area contributed by atoms with E-state index in [2.05, 4.69) is 34.2 Å². The zero-order valence-corrected chi connectivity index (χ0v) is 16.0. The highest BCUT2D eigenvalue weighted by atomic mass is 35.5. The van der Waals surface area contributed by atoms with Crippen molar-refractivity contribution in [1.82, 2.24) is 10.2 Å². The Morgan fingerprint density at radius 3 is 2.27 bits per heavy atom. The van der Waals surface area contributed by atoms with Crippen molar-refractivity contribution in [3.8, 4) is 0 Å². The molecule has 3 rings (SSSR count). The molecule has 5 heteroatoms. The predicted molar refractivity (Wildman–Crippen MR) is 108 cm³/mol. The Hall–Kier alpha value is -2.04. The molecule has 1 aliphatic heterocycles. The normalized spacial score (nSPS) is 15.1. The number of aryl methyl sites for hydroxylation is 1. The minimum Gasteiger partial charge on any atom is -0.369 e. The molecule has 2 aromatic rings. The summed E-state index contributed by atoms with van der Waals surface area (Å²) in [6, 6.07) is 15.9. The topological polar surface area (TPSA) is 35.6 Å². The first-order chi connectivity index (χ1) is 12.7. The number of rotatable bonds is 6. The number of piperazine rings is 1. The summed E-state index contributed by atoms with van der Waals surface area (Å²) >= 11 is 5.95. The zero-order chi connectivity index (χ0) is 18.4. The summed E-state index contributed by atoms with van der Waals surface area (Å²) < 4.78 is 0. The van der Waals surface area contributed by atoms with Crippen LogP contribution < -0.4 is 10.2 Å². The van der Waals surface area contributed by atoms with Gasteiger partial charge in [0.2, 0.25) is 0 Å². The van der Waals surface area contributed by atoms with Crippen LogP contribution in [0.3, 0.4) is 0 Å². The van der Waals surface area contributed by atoms with E-state index in [0.717, 1.165) is 49.7 Å². The summed E-state index contributed by atoms with van der Waals surface area (Å²) in [5, 5.41) is 3.79. The molecule has 1 amide bonds. The number of anilines is 1. The first-order valence-corrected chi connectivity index (χ1v) is 9.63. The highest BCUT2D eigenvalue weighted by molar-refractivity contribution is 6.30. The van der Waals surface area contributed by atoms with E-state index in [9.17, 15) is 4.79 Å². The Labute approximate surface area is 160 Å². The average Bonchev–Trinajstić information content (AvgIpc) is 2.69. The number of hydrogen-bond acceptors (Lipinski definition) is 3. The molecule has 1 aliphatic rings. The number of halogens is 1. The average molecular weight is 372 g/mol. The fourth-order valence-corrected chi connectivity index (χ4v) is 3.33. The molecular weight excluding hydrogens is 346 g/mol. The van der Waals surface area contributed by atoms with E-state index >= 15 is 0 Å². The summed E-state index contributed by atoms with van der Waals surface area (Å²) in [5.74, 6) is 0.00690. The van der Waals surface area contributed by atoms with Crippen LogP contribution in [0.4, 0.5) is 5.69 Å². The van der Waals surface area contributed by atoms with Gasteiger partial charge in [0.15, 0.2) is 0 Å². The highest BCUT2D eigenvalue weighted by Crippen LogP contribution is 2.19. The monoisotopic (exact) mass is 371 g/mol. The molecule has 0 unspecified atom stereocenters. The van der Waals surface area contributed by atoms with Crippen LogP contribution in [-0.2, 0) is 6.42 Å². The predicted octanol–water partition coefficient (Wildman–Crippen LogP) is 3.45. The van der Waals surface area contributed by atoms with Gasteiger partial charge in [0.25, 0.3) is 5.91 Å². The molecule has 0 aromatic heterocycles. The van der Waals surface area contributed by atoms with E-state index in [1.807, 2.05) is 36.4 Å². The molecule has 0 aliphatic carbocycles. The third kappa shape index (κ3) is 4.99. The summed E-state index contributed by atoms with van der Waals surface area (Å²) in [5.41, 5.74) is 3.20. The van der Waals surface area contributed by atoms with Gasteiger partial charge in [0, 0.05) is 55.5 Å². The van der Waals surface area contributed by atoms with Gasteiger partial charge in [-0.15, -0.1) is 0 Å².